The fourth-order valence-electron chi connectivity index (χ4n) is 2.02. The first-order valence-electron chi connectivity index (χ1n) is 5.89. The molecule has 21 heavy (non-hydrogen) atoms. The number of thiophene rings is 1. The van der Waals surface area contributed by atoms with Crippen LogP contribution in [0.1, 0.15) is 4.88 Å². The lowest BCUT2D eigenvalue weighted by Crippen LogP contribution is -2.10. The van der Waals surface area contributed by atoms with Crippen molar-refractivity contribution < 1.29 is 13.2 Å². The Morgan fingerprint density at radius 2 is 1.76 bits per heavy atom. The second-order valence-electron chi connectivity index (χ2n) is 4.36. The van der Waals surface area contributed by atoms with E-state index in [2.05, 4.69) is 15.4 Å². The van der Waals surface area contributed by atoms with E-state index in [0.717, 1.165) is 4.88 Å². The van der Waals surface area contributed by atoms with E-state index in [9.17, 15) is 13.2 Å². The van der Waals surface area contributed by atoms with Gasteiger partial charge < -0.3 is 5.43 Å². The Kier molecular flexibility index (Phi) is 3.26. The summed E-state index contributed by atoms with van der Waals surface area (Å²) in [6, 6.07) is 2.98. The van der Waals surface area contributed by atoms with Gasteiger partial charge in [0.2, 0.25) is 0 Å². The molecule has 0 bridgehead atoms. The van der Waals surface area contributed by atoms with Crippen LogP contribution in [0.2, 0.25) is 0 Å². The number of aromatic nitrogens is 2. The van der Waals surface area contributed by atoms with Crippen LogP contribution >= 0.6 is 11.3 Å². The van der Waals surface area contributed by atoms with Crippen LogP contribution in [0.4, 0.5) is 19.0 Å². The summed E-state index contributed by atoms with van der Waals surface area (Å²) in [7, 11) is 0. The summed E-state index contributed by atoms with van der Waals surface area (Å²) in [4.78, 5) is 9.63. The average Bonchev–Trinajstić information content (AvgIpc) is 2.76. The number of nitrogens with two attached hydrogens (primary N) is 1. The number of halogens is 3. The number of fused-ring (bicyclic) bond motifs is 1. The molecule has 1 aromatic carbocycles. The number of anilines is 1. The molecule has 0 aliphatic carbocycles. The quantitative estimate of drug-likeness (QED) is 0.563. The van der Waals surface area contributed by atoms with Crippen molar-refractivity contribution in [1.29, 1.82) is 0 Å². The first-order chi connectivity index (χ1) is 9.99. The third kappa shape index (κ3) is 2.32. The number of hydrogen-bond acceptors (Lipinski definition) is 5. The molecule has 4 nitrogen and oxygen atoms in total. The molecule has 0 amide bonds. The molecule has 0 aliphatic rings. The lowest BCUT2D eigenvalue weighted by atomic mass is 10.1. The minimum absolute atomic E-state index is 0.188. The van der Waals surface area contributed by atoms with Crippen molar-refractivity contribution in [3.8, 4) is 11.4 Å². The first kappa shape index (κ1) is 13.8. The molecule has 0 radical (unpaired) electrons. The average molecular weight is 310 g/mol. The Bertz CT molecular complexity index is 824. The fraction of sp³-hybridized carbons (Fsp3) is 0.0769. The molecule has 8 heteroatoms. The second kappa shape index (κ2) is 4.97. The molecule has 0 fully saturated rings. The Labute approximate surface area is 121 Å². The minimum Gasteiger partial charge on any atom is -0.308 e. The molecule has 3 N–H and O–H groups in total. The number of nitrogen functional groups attached to an aromatic ring is 1. The zero-order valence-corrected chi connectivity index (χ0v) is 11.6. The van der Waals surface area contributed by atoms with Gasteiger partial charge in [0.15, 0.2) is 11.6 Å². The monoisotopic (exact) mass is 310 g/mol. The summed E-state index contributed by atoms with van der Waals surface area (Å²) in [6.45, 7) is 1.87. The molecule has 0 saturated heterocycles. The highest BCUT2D eigenvalue weighted by molar-refractivity contribution is 7.18. The van der Waals surface area contributed by atoms with E-state index in [1.54, 1.807) is 0 Å². The minimum atomic E-state index is -1.07. The second-order valence-corrected chi connectivity index (χ2v) is 5.60. The molecule has 3 rings (SSSR count). The fourth-order valence-corrected chi connectivity index (χ4v) is 2.90. The zero-order valence-electron chi connectivity index (χ0n) is 10.7. The van der Waals surface area contributed by atoms with Crippen LogP contribution in [0, 0.1) is 24.4 Å². The number of hydrazine groups is 1. The van der Waals surface area contributed by atoms with Crippen molar-refractivity contribution in [3.63, 3.8) is 0 Å². The highest BCUT2D eigenvalue weighted by Gasteiger charge is 2.19. The molecule has 0 spiro atoms. The number of nitrogens with one attached hydrogen (secondary N) is 1. The van der Waals surface area contributed by atoms with Crippen LogP contribution < -0.4 is 11.3 Å². The van der Waals surface area contributed by atoms with Gasteiger partial charge in [0.1, 0.15) is 22.3 Å². The SMILES string of the molecule is Cc1cc2c(NN)nc(-c3c(F)cc(F)cc3F)nc2s1. The number of aryl methyl sites for hydroxylation is 1. The van der Waals surface area contributed by atoms with Crippen LogP contribution in [0.15, 0.2) is 18.2 Å². The maximum absolute atomic E-state index is 13.8. The van der Waals surface area contributed by atoms with Gasteiger partial charge in [0.05, 0.1) is 10.9 Å². The normalized spacial score (nSPS) is 11.1. The van der Waals surface area contributed by atoms with Crippen molar-refractivity contribution in [3.05, 3.63) is 40.5 Å². The Balaban J connectivity index is 2.30. The van der Waals surface area contributed by atoms with Gasteiger partial charge in [0.25, 0.3) is 0 Å². The molecule has 0 aliphatic heterocycles. The lowest BCUT2D eigenvalue weighted by molar-refractivity contribution is 0.547. The van der Waals surface area contributed by atoms with Crippen LogP contribution in [0.3, 0.4) is 0 Å². The summed E-state index contributed by atoms with van der Waals surface area (Å²) in [5.74, 6) is 2.32. The van der Waals surface area contributed by atoms with Gasteiger partial charge >= 0.3 is 0 Å². The largest absolute Gasteiger partial charge is 0.308 e. The summed E-state index contributed by atoms with van der Waals surface area (Å²) < 4.78 is 40.6. The number of rotatable bonds is 2. The van der Waals surface area contributed by atoms with Crippen molar-refractivity contribution >= 4 is 27.4 Å². The Morgan fingerprint density at radius 1 is 1.10 bits per heavy atom. The van der Waals surface area contributed by atoms with Gasteiger partial charge in [-0.25, -0.2) is 29.0 Å². The summed E-state index contributed by atoms with van der Waals surface area (Å²) in [6.07, 6.45) is 0. The predicted molar refractivity (Wildman–Crippen MR) is 75.3 cm³/mol. The van der Waals surface area contributed by atoms with Gasteiger partial charge in [-0.1, -0.05) is 0 Å². The van der Waals surface area contributed by atoms with Gasteiger partial charge in [-0.05, 0) is 13.0 Å². The molecule has 3 aromatic rings. The molecule has 0 unspecified atom stereocenters. The summed E-state index contributed by atoms with van der Waals surface area (Å²) in [5.41, 5.74) is 1.90. The number of benzene rings is 1. The molecule has 2 heterocycles. The molecule has 2 aromatic heterocycles. The van der Waals surface area contributed by atoms with E-state index in [1.807, 2.05) is 13.0 Å². The third-order valence-corrected chi connectivity index (χ3v) is 3.83. The van der Waals surface area contributed by atoms with Gasteiger partial charge in [-0.3, -0.25) is 0 Å². The molecule has 108 valence electrons. The van der Waals surface area contributed by atoms with E-state index in [4.69, 9.17) is 5.84 Å². The standard InChI is InChI=1S/C13H9F3N4S/c1-5-2-7-11(20-17)18-12(19-13(7)21-5)10-8(15)3-6(14)4-9(10)16/h2-4H,17H2,1H3,(H,18,19,20). The number of nitrogens with zero attached hydrogens (tertiary/aromatic N) is 2. The van der Waals surface area contributed by atoms with Crippen LogP contribution in [0.25, 0.3) is 21.6 Å². The lowest BCUT2D eigenvalue weighted by Gasteiger charge is -2.07. The first-order valence-corrected chi connectivity index (χ1v) is 6.71. The van der Waals surface area contributed by atoms with Crippen LogP contribution in [-0.4, -0.2) is 9.97 Å². The molecule has 0 atom stereocenters. The van der Waals surface area contributed by atoms with E-state index in [1.165, 1.54) is 11.3 Å². The van der Waals surface area contributed by atoms with Crippen LogP contribution in [-0.2, 0) is 0 Å². The van der Waals surface area contributed by atoms with Gasteiger partial charge in [-0.2, -0.15) is 0 Å². The highest BCUT2D eigenvalue weighted by Crippen LogP contribution is 2.32. The van der Waals surface area contributed by atoms with Crippen molar-refractivity contribution in [1.82, 2.24) is 9.97 Å². The maximum atomic E-state index is 13.8. The topological polar surface area (TPSA) is 63.8 Å². The molecule has 0 saturated carbocycles. The van der Waals surface area contributed by atoms with E-state index >= 15 is 0 Å². The van der Waals surface area contributed by atoms with Gasteiger partial charge in [-0.15, -0.1) is 11.3 Å². The van der Waals surface area contributed by atoms with Crippen LogP contribution in [0.5, 0.6) is 0 Å². The predicted octanol–water partition coefficient (Wildman–Crippen LogP) is 3.37. The molecular formula is C13H9F3N4S. The highest BCUT2D eigenvalue weighted by atomic mass is 32.1. The van der Waals surface area contributed by atoms with Crippen molar-refractivity contribution in [2.75, 3.05) is 5.43 Å². The van der Waals surface area contributed by atoms with E-state index in [-0.39, 0.29) is 11.6 Å². The number of hydrogen-bond donors (Lipinski definition) is 2. The Morgan fingerprint density at radius 3 is 2.38 bits per heavy atom. The van der Waals surface area contributed by atoms with Crippen molar-refractivity contribution in [2.45, 2.75) is 6.92 Å². The molecular weight excluding hydrogens is 301 g/mol. The maximum Gasteiger partial charge on any atom is 0.169 e. The zero-order chi connectivity index (χ0) is 15.1. The smallest absolute Gasteiger partial charge is 0.169 e. The summed E-state index contributed by atoms with van der Waals surface area (Å²) in [5, 5.41) is 0.659. The Hall–Kier alpha value is -2.19. The third-order valence-electron chi connectivity index (χ3n) is 2.88. The van der Waals surface area contributed by atoms with E-state index in [0.29, 0.717) is 22.3 Å². The summed E-state index contributed by atoms with van der Waals surface area (Å²) >= 11 is 1.34. The van der Waals surface area contributed by atoms with Crippen molar-refractivity contribution in [2.24, 2.45) is 5.84 Å². The van der Waals surface area contributed by atoms with E-state index < -0.39 is 23.0 Å². The van der Waals surface area contributed by atoms with Gasteiger partial charge in [0, 0.05) is 17.0 Å².